The molecule has 0 saturated carbocycles. The number of rotatable bonds is 21. The number of methoxy groups -OCH3 is 2. The Bertz CT molecular complexity index is 1900. The van der Waals surface area contributed by atoms with E-state index < -0.39 is 39.6 Å². The minimum atomic E-state index is -0.956. The molecule has 2 aromatic carbocycles. The Morgan fingerprint density at radius 3 is 1.48 bits per heavy atom. The van der Waals surface area contributed by atoms with E-state index in [-0.39, 0.29) is 28.4 Å². The van der Waals surface area contributed by atoms with Gasteiger partial charge in [0.15, 0.2) is 11.5 Å². The average molecular weight is 806 g/mol. The standard InChI is InChI=1S/C48H71NO9/c1-13-14-15-16-17-18-19-20-21-22-23-24-25-26-29-49-35-31-34(54-11)32-38(57-44(52)47(5,6)7)39(35)41(50)42(58-45(53)48(8,9)10)40(49)33-27-28-36(37(30-33)55-12)56-43(51)46(2,3)4/h27-28,30-32H,13-26,29H2,1-12H3. The molecule has 0 N–H and O–H groups in total. The van der Waals surface area contributed by atoms with Crippen LogP contribution in [0.25, 0.3) is 22.2 Å². The van der Waals surface area contributed by atoms with Crippen molar-refractivity contribution in [3.05, 3.63) is 40.6 Å². The molecule has 0 radical (unpaired) electrons. The van der Waals surface area contributed by atoms with Gasteiger partial charge in [-0.2, -0.15) is 0 Å². The first-order valence-electron chi connectivity index (χ1n) is 21.4. The number of hydrogen-bond acceptors (Lipinski definition) is 9. The summed E-state index contributed by atoms with van der Waals surface area (Å²) >= 11 is 0. The number of benzene rings is 2. The molecule has 1 heterocycles. The van der Waals surface area contributed by atoms with E-state index in [1.165, 1.54) is 84.5 Å². The number of pyridine rings is 1. The van der Waals surface area contributed by atoms with E-state index in [9.17, 15) is 19.2 Å². The summed E-state index contributed by atoms with van der Waals surface area (Å²) in [5.41, 5.74) is -1.95. The largest absolute Gasteiger partial charge is 0.497 e. The van der Waals surface area contributed by atoms with Gasteiger partial charge >= 0.3 is 17.9 Å². The second-order valence-electron chi connectivity index (χ2n) is 18.6. The molecule has 0 spiro atoms. The van der Waals surface area contributed by atoms with Gasteiger partial charge in [0.25, 0.3) is 0 Å². The van der Waals surface area contributed by atoms with Crippen molar-refractivity contribution in [1.29, 1.82) is 0 Å². The van der Waals surface area contributed by atoms with Gasteiger partial charge in [0.2, 0.25) is 11.2 Å². The predicted molar refractivity (Wildman–Crippen MR) is 232 cm³/mol. The van der Waals surface area contributed by atoms with Crippen molar-refractivity contribution < 1.29 is 38.1 Å². The zero-order chi connectivity index (χ0) is 43.3. The molecule has 0 saturated heterocycles. The molecule has 3 rings (SSSR count). The van der Waals surface area contributed by atoms with Crippen LogP contribution < -0.4 is 29.1 Å². The van der Waals surface area contributed by atoms with Gasteiger partial charge in [0.1, 0.15) is 11.5 Å². The maximum atomic E-state index is 14.8. The van der Waals surface area contributed by atoms with Gasteiger partial charge in [-0.1, -0.05) is 90.4 Å². The average Bonchev–Trinajstić information content (AvgIpc) is 3.15. The Balaban J connectivity index is 2.14. The molecule has 10 nitrogen and oxygen atoms in total. The minimum Gasteiger partial charge on any atom is -0.497 e. The monoisotopic (exact) mass is 806 g/mol. The highest BCUT2D eigenvalue weighted by Crippen LogP contribution is 2.41. The second kappa shape index (κ2) is 21.6. The third-order valence-corrected chi connectivity index (χ3v) is 10.1. The second-order valence-corrected chi connectivity index (χ2v) is 18.6. The van der Waals surface area contributed by atoms with Crippen LogP contribution in [0, 0.1) is 16.2 Å². The molecule has 0 aliphatic rings. The summed E-state index contributed by atoms with van der Waals surface area (Å²) in [4.78, 5) is 54.7. The molecule has 0 atom stereocenters. The van der Waals surface area contributed by atoms with Crippen LogP contribution >= 0.6 is 0 Å². The summed E-state index contributed by atoms with van der Waals surface area (Å²) < 4.78 is 31.1. The number of nitrogens with zero attached hydrogens (tertiary/aromatic N) is 1. The van der Waals surface area contributed by atoms with E-state index in [2.05, 4.69) is 6.92 Å². The molecule has 0 amide bonds. The molecule has 1 aromatic heterocycles. The summed E-state index contributed by atoms with van der Waals surface area (Å²) in [6.07, 6.45) is 16.9. The van der Waals surface area contributed by atoms with Crippen molar-refractivity contribution in [3.8, 4) is 40.0 Å². The normalized spacial score (nSPS) is 12.1. The number of carbonyl (C=O) groups is 3. The van der Waals surface area contributed by atoms with Crippen molar-refractivity contribution in [2.75, 3.05) is 14.2 Å². The van der Waals surface area contributed by atoms with E-state index >= 15 is 0 Å². The fourth-order valence-electron chi connectivity index (χ4n) is 6.41. The number of carbonyl (C=O) groups excluding carboxylic acids is 3. The molecular formula is C48H71NO9. The van der Waals surface area contributed by atoms with Crippen molar-refractivity contribution in [1.82, 2.24) is 4.57 Å². The zero-order valence-corrected chi connectivity index (χ0v) is 37.6. The van der Waals surface area contributed by atoms with Gasteiger partial charge in [-0.15, -0.1) is 0 Å². The third kappa shape index (κ3) is 13.6. The lowest BCUT2D eigenvalue weighted by Crippen LogP contribution is -2.30. The van der Waals surface area contributed by atoms with Crippen LogP contribution in [0.15, 0.2) is 35.1 Å². The lowest BCUT2D eigenvalue weighted by atomic mass is 9.97. The maximum Gasteiger partial charge on any atom is 0.316 e. The fourth-order valence-corrected chi connectivity index (χ4v) is 6.41. The minimum absolute atomic E-state index is 0.00983. The number of ether oxygens (including phenoxy) is 5. The van der Waals surface area contributed by atoms with E-state index in [0.29, 0.717) is 29.1 Å². The summed E-state index contributed by atoms with van der Waals surface area (Å²) in [5, 5.41) is 0.0897. The number of aryl methyl sites for hydroxylation is 1. The molecule has 0 aliphatic heterocycles. The molecule has 0 fully saturated rings. The van der Waals surface area contributed by atoms with Crippen LogP contribution in [0.5, 0.6) is 28.7 Å². The molecule has 322 valence electrons. The van der Waals surface area contributed by atoms with Crippen LogP contribution in [0.2, 0.25) is 0 Å². The number of aromatic nitrogens is 1. The number of fused-ring (bicyclic) bond motifs is 1. The van der Waals surface area contributed by atoms with Crippen LogP contribution in [-0.2, 0) is 20.9 Å². The summed E-state index contributed by atoms with van der Waals surface area (Å²) in [6, 6.07) is 8.25. The Morgan fingerprint density at radius 1 is 0.552 bits per heavy atom. The SMILES string of the molecule is CCCCCCCCCCCCCCCCn1c(-c2ccc(OC(=O)C(C)(C)C)c(OC)c2)c(OC(=O)C(C)(C)C)c(=O)c2c(OC(=O)C(C)(C)C)cc(OC)cc21. The molecule has 0 bridgehead atoms. The highest BCUT2D eigenvalue weighted by Gasteiger charge is 2.32. The van der Waals surface area contributed by atoms with Crippen LogP contribution in [0.1, 0.15) is 159 Å². The fraction of sp³-hybridized carbons (Fsp3) is 0.625. The molecule has 0 unspecified atom stereocenters. The highest BCUT2D eigenvalue weighted by molar-refractivity contribution is 5.95. The number of esters is 3. The molecule has 0 aliphatic carbocycles. The number of hydrogen-bond donors (Lipinski definition) is 0. The summed E-state index contributed by atoms with van der Waals surface area (Å²) in [7, 11) is 2.98. The molecule has 10 heteroatoms. The molecule has 58 heavy (non-hydrogen) atoms. The topological polar surface area (TPSA) is 119 Å². The quantitative estimate of drug-likeness (QED) is 0.0588. The highest BCUT2D eigenvalue weighted by atomic mass is 16.6. The smallest absolute Gasteiger partial charge is 0.316 e. The first-order chi connectivity index (χ1) is 27.2. The lowest BCUT2D eigenvalue weighted by molar-refractivity contribution is -0.143. The Hall–Kier alpha value is -4.34. The van der Waals surface area contributed by atoms with Crippen LogP contribution in [0.3, 0.4) is 0 Å². The Labute approximate surface area is 347 Å². The van der Waals surface area contributed by atoms with Crippen molar-refractivity contribution in [2.24, 2.45) is 16.2 Å². The summed E-state index contributed by atoms with van der Waals surface area (Å²) in [5.74, 6) is -0.953. The van der Waals surface area contributed by atoms with Gasteiger partial charge in [-0.05, 0) is 86.9 Å². The molecule has 3 aromatic rings. The van der Waals surface area contributed by atoms with Crippen LogP contribution in [0.4, 0.5) is 0 Å². The van der Waals surface area contributed by atoms with Gasteiger partial charge in [-0.25, -0.2) is 0 Å². The number of unbranched alkanes of at least 4 members (excludes halogenated alkanes) is 13. The van der Waals surface area contributed by atoms with Gasteiger partial charge < -0.3 is 28.3 Å². The predicted octanol–water partition coefficient (Wildman–Crippen LogP) is 12.0. The van der Waals surface area contributed by atoms with E-state index in [1.54, 1.807) is 86.6 Å². The Kier molecular flexibility index (Phi) is 17.9. The summed E-state index contributed by atoms with van der Waals surface area (Å²) in [6.45, 7) is 18.3. The first-order valence-corrected chi connectivity index (χ1v) is 21.4. The maximum absolute atomic E-state index is 14.8. The van der Waals surface area contributed by atoms with Crippen LogP contribution in [-0.4, -0.2) is 36.7 Å². The first kappa shape index (κ1) is 48.0. The third-order valence-electron chi connectivity index (χ3n) is 10.1. The Morgan fingerprint density at radius 2 is 1.02 bits per heavy atom. The van der Waals surface area contributed by atoms with E-state index in [4.69, 9.17) is 23.7 Å². The lowest BCUT2D eigenvalue weighted by Gasteiger charge is -2.25. The molecular weight excluding hydrogens is 735 g/mol. The van der Waals surface area contributed by atoms with E-state index in [1.807, 2.05) is 4.57 Å². The van der Waals surface area contributed by atoms with Crippen molar-refractivity contribution in [3.63, 3.8) is 0 Å². The van der Waals surface area contributed by atoms with Crippen molar-refractivity contribution >= 4 is 28.8 Å². The zero-order valence-electron chi connectivity index (χ0n) is 37.6. The van der Waals surface area contributed by atoms with Gasteiger partial charge in [0.05, 0.1) is 47.1 Å². The van der Waals surface area contributed by atoms with E-state index in [0.717, 1.165) is 25.7 Å². The van der Waals surface area contributed by atoms with Gasteiger partial charge in [0, 0.05) is 24.2 Å². The van der Waals surface area contributed by atoms with Gasteiger partial charge in [-0.3, -0.25) is 19.2 Å². The van der Waals surface area contributed by atoms with Crippen molar-refractivity contribution in [2.45, 2.75) is 166 Å².